The molecule has 4 heteroatoms. The molecule has 19 heavy (non-hydrogen) atoms. The molecular formula is C15H12ClF2N. The first-order chi connectivity index (χ1) is 9.15. The number of hydrogen-bond acceptors (Lipinski definition) is 1. The van der Waals surface area contributed by atoms with Crippen LogP contribution in [0.4, 0.5) is 14.5 Å². The Morgan fingerprint density at radius 2 is 1.84 bits per heavy atom. The lowest BCUT2D eigenvalue weighted by Gasteiger charge is -2.16. The SMILES string of the molecule is Fc1cccc(F)c1NC1CCc2cc(Cl)ccc21. The van der Waals surface area contributed by atoms with Gasteiger partial charge in [-0.25, -0.2) is 8.78 Å². The molecule has 0 aliphatic heterocycles. The minimum absolute atomic E-state index is 0.0599. The van der Waals surface area contributed by atoms with E-state index in [2.05, 4.69) is 5.32 Å². The van der Waals surface area contributed by atoms with Gasteiger partial charge in [0.05, 0.1) is 6.04 Å². The maximum absolute atomic E-state index is 13.6. The van der Waals surface area contributed by atoms with E-state index in [4.69, 9.17) is 11.6 Å². The van der Waals surface area contributed by atoms with Crippen molar-refractivity contribution in [3.05, 3.63) is 64.2 Å². The maximum Gasteiger partial charge on any atom is 0.149 e. The lowest BCUT2D eigenvalue weighted by Crippen LogP contribution is -2.10. The van der Waals surface area contributed by atoms with Crippen molar-refractivity contribution in [3.63, 3.8) is 0 Å². The maximum atomic E-state index is 13.6. The quantitative estimate of drug-likeness (QED) is 0.839. The summed E-state index contributed by atoms with van der Waals surface area (Å²) in [5.41, 5.74) is 2.14. The average Bonchev–Trinajstić information content (AvgIpc) is 2.76. The van der Waals surface area contributed by atoms with Crippen LogP contribution in [0.3, 0.4) is 0 Å². The van der Waals surface area contributed by atoms with E-state index in [0.717, 1.165) is 24.0 Å². The monoisotopic (exact) mass is 279 g/mol. The highest BCUT2D eigenvalue weighted by atomic mass is 35.5. The highest BCUT2D eigenvalue weighted by Crippen LogP contribution is 2.36. The standard InChI is InChI=1S/C15H12ClF2N/c16-10-5-6-11-9(8-10)4-7-14(11)19-15-12(17)2-1-3-13(15)18/h1-3,5-6,8,14,19H,4,7H2. The summed E-state index contributed by atoms with van der Waals surface area (Å²) in [6.07, 6.45) is 1.67. The first-order valence-electron chi connectivity index (χ1n) is 6.14. The summed E-state index contributed by atoms with van der Waals surface area (Å²) in [6, 6.07) is 9.43. The summed E-state index contributed by atoms with van der Waals surface area (Å²) < 4.78 is 27.2. The van der Waals surface area contributed by atoms with Gasteiger partial charge in [-0.2, -0.15) is 0 Å². The van der Waals surface area contributed by atoms with Crippen LogP contribution in [0.25, 0.3) is 0 Å². The van der Waals surface area contributed by atoms with Crippen LogP contribution in [0, 0.1) is 11.6 Å². The molecule has 1 N–H and O–H groups in total. The van der Waals surface area contributed by atoms with E-state index in [1.807, 2.05) is 12.1 Å². The number of hydrogen-bond donors (Lipinski definition) is 1. The number of anilines is 1. The van der Waals surface area contributed by atoms with E-state index in [0.29, 0.717) is 5.02 Å². The number of rotatable bonds is 2. The van der Waals surface area contributed by atoms with Gasteiger partial charge in [-0.15, -0.1) is 0 Å². The fraction of sp³-hybridized carbons (Fsp3) is 0.200. The van der Waals surface area contributed by atoms with Crippen molar-refractivity contribution in [2.24, 2.45) is 0 Å². The molecule has 0 radical (unpaired) electrons. The van der Waals surface area contributed by atoms with Crippen LogP contribution in [0.2, 0.25) is 5.02 Å². The van der Waals surface area contributed by atoms with Crippen LogP contribution in [0.1, 0.15) is 23.6 Å². The molecular weight excluding hydrogens is 268 g/mol. The van der Waals surface area contributed by atoms with Crippen LogP contribution >= 0.6 is 11.6 Å². The van der Waals surface area contributed by atoms with E-state index in [1.54, 1.807) is 6.07 Å². The second-order valence-electron chi connectivity index (χ2n) is 4.68. The predicted molar refractivity (Wildman–Crippen MR) is 72.5 cm³/mol. The third-order valence-corrected chi connectivity index (χ3v) is 3.70. The molecule has 0 amide bonds. The smallest absolute Gasteiger partial charge is 0.149 e. The molecule has 0 fully saturated rings. The van der Waals surface area contributed by atoms with Gasteiger partial charge in [-0.3, -0.25) is 0 Å². The molecule has 0 bridgehead atoms. The Hall–Kier alpha value is -1.61. The van der Waals surface area contributed by atoms with Crippen molar-refractivity contribution in [3.8, 4) is 0 Å². The first-order valence-corrected chi connectivity index (χ1v) is 6.52. The fourth-order valence-electron chi connectivity index (χ4n) is 2.55. The summed E-state index contributed by atoms with van der Waals surface area (Å²) in [4.78, 5) is 0. The lowest BCUT2D eigenvalue weighted by atomic mass is 10.1. The van der Waals surface area contributed by atoms with Crippen molar-refractivity contribution in [1.29, 1.82) is 0 Å². The molecule has 2 aromatic carbocycles. The molecule has 1 atom stereocenters. The zero-order valence-corrected chi connectivity index (χ0v) is 10.8. The molecule has 0 spiro atoms. The van der Waals surface area contributed by atoms with Crippen LogP contribution in [-0.4, -0.2) is 0 Å². The van der Waals surface area contributed by atoms with Gasteiger partial charge in [0.25, 0.3) is 0 Å². The minimum Gasteiger partial charge on any atom is -0.373 e. The Balaban J connectivity index is 1.91. The summed E-state index contributed by atoms with van der Waals surface area (Å²) in [7, 11) is 0. The van der Waals surface area contributed by atoms with Gasteiger partial charge < -0.3 is 5.32 Å². The largest absolute Gasteiger partial charge is 0.373 e. The zero-order chi connectivity index (χ0) is 13.4. The lowest BCUT2D eigenvalue weighted by molar-refractivity contribution is 0.582. The van der Waals surface area contributed by atoms with Crippen LogP contribution in [-0.2, 0) is 6.42 Å². The highest BCUT2D eigenvalue weighted by molar-refractivity contribution is 6.30. The Kier molecular flexibility index (Phi) is 3.15. The predicted octanol–water partition coefficient (Wildman–Crippen LogP) is 4.72. The topological polar surface area (TPSA) is 12.0 Å². The molecule has 0 saturated heterocycles. The minimum atomic E-state index is -0.567. The van der Waals surface area contributed by atoms with Crippen molar-refractivity contribution in [1.82, 2.24) is 0 Å². The average molecular weight is 280 g/mol. The second kappa shape index (κ2) is 4.82. The van der Waals surface area contributed by atoms with E-state index >= 15 is 0 Å². The van der Waals surface area contributed by atoms with Gasteiger partial charge in [0, 0.05) is 5.02 Å². The molecule has 3 rings (SSSR count). The fourth-order valence-corrected chi connectivity index (χ4v) is 2.74. The number of aryl methyl sites for hydroxylation is 1. The third kappa shape index (κ3) is 2.30. The summed E-state index contributed by atoms with van der Waals surface area (Å²) >= 11 is 5.94. The summed E-state index contributed by atoms with van der Waals surface area (Å²) in [5.74, 6) is -1.13. The number of nitrogens with one attached hydrogen (secondary N) is 1. The first kappa shape index (κ1) is 12.4. The Bertz CT molecular complexity index is 607. The van der Waals surface area contributed by atoms with Crippen LogP contribution < -0.4 is 5.32 Å². The van der Waals surface area contributed by atoms with Gasteiger partial charge in [0.2, 0.25) is 0 Å². The van der Waals surface area contributed by atoms with Crippen molar-refractivity contribution in [2.45, 2.75) is 18.9 Å². The van der Waals surface area contributed by atoms with Crippen molar-refractivity contribution < 1.29 is 8.78 Å². The Labute approximate surface area is 115 Å². The zero-order valence-electron chi connectivity index (χ0n) is 10.1. The summed E-state index contributed by atoms with van der Waals surface area (Å²) in [6.45, 7) is 0. The normalized spacial score (nSPS) is 17.3. The molecule has 1 unspecified atom stereocenters. The number of benzene rings is 2. The summed E-state index contributed by atoms with van der Waals surface area (Å²) in [5, 5.41) is 3.65. The molecule has 2 aromatic rings. The van der Waals surface area contributed by atoms with Gasteiger partial charge in [-0.1, -0.05) is 23.7 Å². The molecule has 0 aromatic heterocycles. The van der Waals surface area contributed by atoms with Crippen LogP contribution in [0.15, 0.2) is 36.4 Å². The van der Waals surface area contributed by atoms with Crippen molar-refractivity contribution >= 4 is 17.3 Å². The molecule has 1 aliphatic carbocycles. The molecule has 0 saturated carbocycles. The number of fused-ring (bicyclic) bond motifs is 1. The molecule has 1 nitrogen and oxygen atoms in total. The van der Waals surface area contributed by atoms with Gasteiger partial charge in [0.1, 0.15) is 17.3 Å². The molecule has 0 heterocycles. The third-order valence-electron chi connectivity index (χ3n) is 3.46. The number of para-hydroxylation sites is 1. The highest BCUT2D eigenvalue weighted by Gasteiger charge is 2.24. The van der Waals surface area contributed by atoms with E-state index in [1.165, 1.54) is 18.2 Å². The Morgan fingerprint density at radius 1 is 1.11 bits per heavy atom. The molecule has 98 valence electrons. The number of halogens is 3. The van der Waals surface area contributed by atoms with Crippen LogP contribution in [0.5, 0.6) is 0 Å². The Morgan fingerprint density at radius 3 is 2.58 bits per heavy atom. The van der Waals surface area contributed by atoms with E-state index in [9.17, 15) is 8.78 Å². The van der Waals surface area contributed by atoms with Gasteiger partial charge >= 0.3 is 0 Å². The van der Waals surface area contributed by atoms with Gasteiger partial charge in [-0.05, 0) is 48.2 Å². The molecule has 1 aliphatic rings. The van der Waals surface area contributed by atoms with E-state index in [-0.39, 0.29) is 11.7 Å². The second-order valence-corrected chi connectivity index (χ2v) is 5.11. The van der Waals surface area contributed by atoms with Crippen molar-refractivity contribution in [2.75, 3.05) is 5.32 Å². The van der Waals surface area contributed by atoms with E-state index < -0.39 is 11.6 Å². The van der Waals surface area contributed by atoms with Gasteiger partial charge in [0.15, 0.2) is 0 Å².